The quantitative estimate of drug-likeness (QED) is 0.766. The second kappa shape index (κ2) is 5.77. The van der Waals surface area contributed by atoms with Gasteiger partial charge in [0.05, 0.1) is 5.56 Å². The molecule has 3 aromatic rings. The number of benzene rings is 2. The first kappa shape index (κ1) is 13.9. The molecule has 2 N–H and O–H groups in total. The molecule has 1 amide bonds. The zero-order chi connectivity index (χ0) is 15.5. The lowest BCUT2D eigenvalue weighted by Crippen LogP contribution is -2.26. The predicted octanol–water partition coefficient (Wildman–Crippen LogP) is 4.01. The number of amides is 1. The number of anilines is 2. The number of nitrogens with one attached hydrogen (secondary N) is 1. The van der Waals surface area contributed by atoms with Gasteiger partial charge < -0.3 is 10.1 Å². The normalized spacial score (nSPS) is 10.4. The van der Waals surface area contributed by atoms with Crippen molar-refractivity contribution in [3.8, 4) is 5.75 Å². The largest absolute Gasteiger partial charge is 0.508 e. The van der Waals surface area contributed by atoms with Crippen molar-refractivity contribution in [2.75, 3.05) is 4.90 Å². The van der Waals surface area contributed by atoms with E-state index in [2.05, 4.69) is 4.98 Å². The number of aryl methyl sites for hydroxylation is 1. The molecule has 22 heavy (non-hydrogen) atoms. The minimum atomic E-state index is -0.115. The first-order chi connectivity index (χ1) is 10.7. The molecule has 0 radical (unpaired) electrons. The summed E-state index contributed by atoms with van der Waals surface area (Å²) in [5.41, 5.74) is 2.93. The second-order valence-electron chi connectivity index (χ2n) is 5.01. The summed E-state index contributed by atoms with van der Waals surface area (Å²) in [5.74, 6) is 0.0534. The number of aromatic amines is 1. The Kier molecular flexibility index (Phi) is 3.66. The van der Waals surface area contributed by atoms with Crippen LogP contribution in [0.2, 0.25) is 0 Å². The standard InChI is InChI=1S/C18H16N2O2/c1-13-17(11-12-19-13)18(22)20(14-5-3-2-4-6-14)15-7-9-16(21)10-8-15/h2-12,19,21H,1H3. The molecule has 1 heterocycles. The van der Waals surface area contributed by atoms with Crippen LogP contribution in [0.5, 0.6) is 5.75 Å². The average molecular weight is 292 g/mol. The van der Waals surface area contributed by atoms with Crippen molar-refractivity contribution in [3.63, 3.8) is 0 Å². The lowest BCUT2D eigenvalue weighted by atomic mass is 10.1. The zero-order valence-electron chi connectivity index (χ0n) is 12.2. The lowest BCUT2D eigenvalue weighted by molar-refractivity contribution is 0.0999. The maximum atomic E-state index is 13.0. The van der Waals surface area contributed by atoms with E-state index in [1.165, 1.54) is 0 Å². The van der Waals surface area contributed by atoms with Crippen LogP contribution in [-0.2, 0) is 0 Å². The second-order valence-corrected chi connectivity index (χ2v) is 5.01. The van der Waals surface area contributed by atoms with E-state index >= 15 is 0 Å². The van der Waals surface area contributed by atoms with Gasteiger partial charge in [-0.2, -0.15) is 0 Å². The van der Waals surface area contributed by atoms with Crippen molar-refractivity contribution in [2.24, 2.45) is 0 Å². The number of carbonyl (C=O) groups is 1. The lowest BCUT2D eigenvalue weighted by Gasteiger charge is -2.23. The number of hydrogen-bond donors (Lipinski definition) is 2. The van der Waals surface area contributed by atoms with Crippen molar-refractivity contribution < 1.29 is 9.90 Å². The van der Waals surface area contributed by atoms with Crippen LogP contribution in [0, 0.1) is 6.92 Å². The summed E-state index contributed by atoms with van der Waals surface area (Å²) in [7, 11) is 0. The van der Waals surface area contributed by atoms with Crippen LogP contribution in [0.3, 0.4) is 0 Å². The molecule has 0 atom stereocenters. The molecule has 3 rings (SSSR count). The van der Waals surface area contributed by atoms with Crippen molar-refractivity contribution >= 4 is 17.3 Å². The molecule has 110 valence electrons. The van der Waals surface area contributed by atoms with Crippen LogP contribution >= 0.6 is 0 Å². The predicted molar refractivity (Wildman–Crippen MR) is 86.5 cm³/mol. The molecule has 4 heteroatoms. The summed E-state index contributed by atoms with van der Waals surface area (Å²) in [4.78, 5) is 17.6. The van der Waals surface area contributed by atoms with Gasteiger partial charge in [-0.3, -0.25) is 9.69 Å². The Labute approximate surface area is 128 Å². The Bertz CT molecular complexity index is 776. The molecule has 0 unspecified atom stereocenters. The number of hydrogen-bond acceptors (Lipinski definition) is 2. The molecule has 2 aromatic carbocycles. The van der Waals surface area contributed by atoms with Crippen molar-refractivity contribution in [2.45, 2.75) is 6.92 Å². The molecule has 4 nitrogen and oxygen atoms in total. The Morgan fingerprint density at radius 1 is 0.955 bits per heavy atom. The third-order valence-corrected chi connectivity index (χ3v) is 3.51. The minimum Gasteiger partial charge on any atom is -0.508 e. The van der Waals surface area contributed by atoms with E-state index in [9.17, 15) is 9.90 Å². The molecule has 0 saturated carbocycles. The molecular weight excluding hydrogens is 276 g/mol. The van der Waals surface area contributed by atoms with Gasteiger partial charge in [-0.05, 0) is 49.4 Å². The SMILES string of the molecule is Cc1[nH]ccc1C(=O)N(c1ccccc1)c1ccc(O)cc1. The van der Waals surface area contributed by atoms with Crippen LogP contribution < -0.4 is 4.90 Å². The maximum absolute atomic E-state index is 13.0. The molecule has 0 aliphatic rings. The van der Waals surface area contributed by atoms with Gasteiger partial charge >= 0.3 is 0 Å². The van der Waals surface area contributed by atoms with E-state index in [1.807, 2.05) is 37.3 Å². The number of para-hydroxylation sites is 1. The van der Waals surface area contributed by atoms with Gasteiger partial charge in [0, 0.05) is 23.3 Å². The fourth-order valence-electron chi connectivity index (χ4n) is 2.37. The van der Waals surface area contributed by atoms with E-state index in [0.29, 0.717) is 11.3 Å². The van der Waals surface area contributed by atoms with Gasteiger partial charge in [-0.25, -0.2) is 0 Å². The van der Waals surface area contributed by atoms with Crippen LogP contribution in [0.15, 0.2) is 66.9 Å². The van der Waals surface area contributed by atoms with E-state index < -0.39 is 0 Å². The summed E-state index contributed by atoms with van der Waals surface area (Å²) < 4.78 is 0. The fourth-order valence-corrected chi connectivity index (χ4v) is 2.37. The highest BCUT2D eigenvalue weighted by molar-refractivity contribution is 6.11. The Morgan fingerprint density at radius 2 is 1.59 bits per heavy atom. The van der Waals surface area contributed by atoms with Crippen molar-refractivity contribution in [1.29, 1.82) is 0 Å². The van der Waals surface area contributed by atoms with Gasteiger partial charge in [0.25, 0.3) is 5.91 Å². The smallest absolute Gasteiger partial charge is 0.264 e. The first-order valence-electron chi connectivity index (χ1n) is 6.99. The molecule has 0 aliphatic heterocycles. The number of H-pyrrole nitrogens is 1. The number of phenols is 1. The zero-order valence-corrected chi connectivity index (χ0v) is 12.2. The molecule has 0 bridgehead atoms. The fraction of sp³-hybridized carbons (Fsp3) is 0.0556. The van der Waals surface area contributed by atoms with E-state index in [1.54, 1.807) is 41.4 Å². The molecular formula is C18H16N2O2. The van der Waals surface area contributed by atoms with Crippen molar-refractivity contribution in [3.05, 3.63) is 78.1 Å². The number of phenolic OH excluding ortho intramolecular Hbond substituents is 1. The maximum Gasteiger partial charge on any atom is 0.264 e. The Balaban J connectivity index is 2.09. The van der Waals surface area contributed by atoms with E-state index in [0.717, 1.165) is 11.4 Å². The van der Waals surface area contributed by atoms with Crippen LogP contribution in [0.25, 0.3) is 0 Å². The summed E-state index contributed by atoms with van der Waals surface area (Å²) >= 11 is 0. The highest BCUT2D eigenvalue weighted by Crippen LogP contribution is 2.29. The molecule has 0 saturated heterocycles. The van der Waals surface area contributed by atoms with Crippen LogP contribution in [0.1, 0.15) is 16.1 Å². The van der Waals surface area contributed by atoms with Crippen LogP contribution in [0.4, 0.5) is 11.4 Å². The number of aromatic nitrogens is 1. The van der Waals surface area contributed by atoms with E-state index in [4.69, 9.17) is 0 Å². The summed E-state index contributed by atoms with van der Waals surface area (Å²) in [6, 6.07) is 17.8. The molecule has 0 aliphatic carbocycles. The topological polar surface area (TPSA) is 56.3 Å². The highest BCUT2D eigenvalue weighted by Gasteiger charge is 2.21. The Hall–Kier alpha value is -3.01. The van der Waals surface area contributed by atoms with Gasteiger partial charge in [0.2, 0.25) is 0 Å². The monoisotopic (exact) mass is 292 g/mol. The number of aromatic hydroxyl groups is 1. The molecule has 0 spiro atoms. The molecule has 1 aromatic heterocycles. The third kappa shape index (κ3) is 2.59. The summed E-state index contributed by atoms with van der Waals surface area (Å²) in [6.45, 7) is 1.87. The average Bonchev–Trinajstić information content (AvgIpc) is 2.96. The number of nitrogens with zero attached hydrogens (tertiary/aromatic N) is 1. The Morgan fingerprint density at radius 3 is 2.18 bits per heavy atom. The number of carbonyl (C=O) groups excluding carboxylic acids is 1. The first-order valence-corrected chi connectivity index (χ1v) is 6.99. The highest BCUT2D eigenvalue weighted by atomic mass is 16.3. The minimum absolute atomic E-state index is 0.115. The van der Waals surface area contributed by atoms with Gasteiger partial charge in [-0.15, -0.1) is 0 Å². The van der Waals surface area contributed by atoms with Gasteiger partial charge in [0.15, 0.2) is 0 Å². The number of rotatable bonds is 3. The van der Waals surface area contributed by atoms with E-state index in [-0.39, 0.29) is 11.7 Å². The molecule has 0 fully saturated rings. The van der Waals surface area contributed by atoms with Crippen LogP contribution in [-0.4, -0.2) is 16.0 Å². The van der Waals surface area contributed by atoms with Gasteiger partial charge in [0.1, 0.15) is 5.75 Å². The van der Waals surface area contributed by atoms with Gasteiger partial charge in [-0.1, -0.05) is 18.2 Å². The summed E-state index contributed by atoms with van der Waals surface area (Å²) in [6.07, 6.45) is 1.75. The summed E-state index contributed by atoms with van der Waals surface area (Å²) in [5, 5.41) is 9.47. The van der Waals surface area contributed by atoms with Crippen molar-refractivity contribution in [1.82, 2.24) is 4.98 Å². The third-order valence-electron chi connectivity index (χ3n) is 3.51.